The van der Waals surface area contributed by atoms with Gasteiger partial charge < -0.3 is 4.74 Å². The summed E-state index contributed by atoms with van der Waals surface area (Å²) in [6.45, 7) is 4.75. The summed E-state index contributed by atoms with van der Waals surface area (Å²) in [5.41, 5.74) is -0.201. The van der Waals surface area contributed by atoms with Crippen molar-refractivity contribution in [1.82, 2.24) is 0 Å². The van der Waals surface area contributed by atoms with Gasteiger partial charge in [-0.3, -0.25) is 4.79 Å². The van der Waals surface area contributed by atoms with Crippen molar-refractivity contribution in [3.8, 4) is 0 Å². The minimum atomic E-state index is -2.55. The SMILES string of the molecule is CCC(OC(C)=O)SCCCC(F)(F)CC. The van der Waals surface area contributed by atoms with Crippen LogP contribution in [0.4, 0.5) is 8.78 Å². The summed E-state index contributed by atoms with van der Waals surface area (Å²) in [6, 6.07) is 0. The van der Waals surface area contributed by atoms with Gasteiger partial charge in [-0.05, 0) is 18.6 Å². The van der Waals surface area contributed by atoms with Crippen LogP contribution in [0.1, 0.15) is 46.5 Å². The monoisotopic (exact) mass is 254 g/mol. The Morgan fingerprint density at radius 1 is 1.44 bits per heavy atom. The van der Waals surface area contributed by atoms with Gasteiger partial charge in [-0.2, -0.15) is 0 Å². The first-order valence-corrected chi connectivity index (χ1v) is 6.62. The lowest BCUT2D eigenvalue weighted by Crippen LogP contribution is -2.15. The number of ether oxygens (including phenoxy) is 1. The van der Waals surface area contributed by atoms with Gasteiger partial charge in [0.25, 0.3) is 0 Å². The fraction of sp³-hybridized carbons (Fsp3) is 0.909. The van der Waals surface area contributed by atoms with E-state index in [4.69, 9.17) is 4.74 Å². The van der Waals surface area contributed by atoms with Crippen LogP contribution in [-0.2, 0) is 9.53 Å². The quantitative estimate of drug-likeness (QED) is 0.374. The van der Waals surface area contributed by atoms with Crippen LogP contribution >= 0.6 is 11.8 Å². The van der Waals surface area contributed by atoms with Gasteiger partial charge in [-0.25, -0.2) is 8.78 Å². The Balaban J connectivity index is 3.67. The first-order chi connectivity index (χ1) is 7.41. The number of esters is 1. The van der Waals surface area contributed by atoms with Crippen LogP contribution in [0, 0.1) is 0 Å². The van der Waals surface area contributed by atoms with E-state index in [9.17, 15) is 13.6 Å². The summed E-state index contributed by atoms with van der Waals surface area (Å²) < 4.78 is 30.7. The molecule has 16 heavy (non-hydrogen) atoms. The predicted molar refractivity (Wildman–Crippen MR) is 62.8 cm³/mol. The minimum absolute atomic E-state index is 0.0903. The number of thioether (sulfide) groups is 1. The lowest BCUT2D eigenvalue weighted by molar-refractivity contribution is -0.142. The second-order valence-corrected chi connectivity index (χ2v) is 4.90. The molecular weight excluding hydrogens is 234 g/mol. The van der Waals surface area contributed by atoms with Gasteiger partial charge in [0.15, 0.2) is 0 Å². The van der Waals surface area contributed by atoms with Crippen molar-refractivity contribution in [2.24, 2.45) is 0 Å². The lowest BCUT2D eigenvalue weighted by Gasteiger charge is -2.16. The van der Waals surface area contributed by atoms with Crippen molar-refractivity contribution in [2.45, 2.75) is 57.8 Å². The van der Waals surface area contributed by atoms with Gasteiger partial charge in [0, 0.05) is 19.8 Å². The highest BCUT2D eigenvalue weighted by atomic mass is 32.2. The number of alkyl halides is 2. The van der Waals surface area contributed by atoms with Crippen LogP contribution in [0.5, 0.6) is 0 Å². The van der Waals surface area contributed by atoms with E-state index in [1.54, 1.807) is 0 Å². The van der Waals surface area contributed by atoms with Gasteiger partial charge in [-0.1, -0.05) is 13.8 Å². The number of carbonyl (C=O) groups excluding carboxylic acids is 1. The van der Waals surface area contributed by atoms with E-state index in [2.05, 4.69) is 0 Å². The van der Waals surface area contributed by atoms with E-state index in [-0.39, 0.29) is 24.2 Å². The Labute approximate surface area is 100 Å². The third kappa shape index (κ3) is 7.91. The number of hydrogen-bond acceptors (Lipinski definition) is 3. The molecule has 0 aliphatic rings. The summed E-state index contributed by atoms with van der Waals surface area (Å²) in [4.78, 5) is 10.7. The third-order valence-electron chi connectivity index (χ3n) is 2.14. The largest absolute Gasteiger partial charge is 0.451 e. The van der Waals surface area contributed by atoms with Gasteiger partial charge >= 0.3 is 5.97 Å². The predicted octanol–water partition coefficient (Wildman–Crippen LogP) is 3.84. The van der Waals surface area contributed by atoms with Crippen LogP contribution in [0.3, 0.4) is 0 Å². The van der Waals surface area contributed by atoms with E-state index in [1.165, 1.54) is 25.6 Å². The van der Waals surface area contributed by atoms with Crippen molar-refractivity contribution >= 4 is 17.7 Å². The molecule has 0 aromatic rings. The molecule has 0 saturated heterocycles. The topological polar surface area (TPSA) is 26.3 Å². The highest BCUT2D eigenvalue weighted by Gasteiger charge is 2.25. The molecule has 2 nitrogen and oxygen atoms in total. The van der Waals surface area contributed by atoms with Crippen LogP contribution in [-0.4, -0.2) is 23.1 Å². The summed E-state index contributed by atoms with van der Waals surface area (Å²) in [5.74, 6) is -2.27. The van der Waals surface area contributed by atoms with Gasteiger partial charge in [-0.15, -0.1) is 11.8 Å². The summed E-state index contributed by atoms with van der Waals surface area (Å²) in [5, 5.41) is 0. The average molecular weight is 254 g/mol. The standard InChI is InChI=1S/C11H20F2O2S/c1-4-10(15-9(3)14)16-8-6-7-11(12,13)5-2/h10H,4-8H2,1-3H3. The average Bonchev–Trinajstić information content (AvgIpc) is 2.22. The van der Waals surface area contributed by atoms with Gasteiger partial charge in [0.05, 0.1) is 0 Å². The first-order valence-electron chi connectivity index (χ1n) is 5.58. The van der Waals surface area contributed by atoms with Crippen molar-refractivity contribution in [3.05, 3.63) is 0 Å². The molecule has 0 aromatic heterocycles. The fourth-order valence-electron chi connectivity index (χ4n) is 1.14. The lowest BCUT2D eigenvalue weighted by atomic mass is 10.1. The molecule has 0 N–H and O–H groups in total. The van der Waals surface area contributed by atoms with Gasteiger partial charge in [0.1, 0.15) is 5.44 Å². The maximum atomic E-state index is 12.9. The smallest absolute Gasteiger partial charge is 0.303 e. The summed E-state index contributed by atoms with van der Waals surface area (Å²) in [6.07, 6.45) is 0.948. The number of halogens is 2. The zero-order chi connectivity index (χ0) is 12.6. The van der Waals surface area contributed by atoms with E-state index in [1.807, 2.05) is 6.92 Å². The zero-order valence-electron chi connectivity index (χ0n) is 10.1. The van der Waals surface area contributed by atoms with Crippen LogP contribution in [0.2, 0.25) is 0 Å². The van der Waals surface area contributed by atoms with Crippen molar-refractivity contribution in [2.75, 3.05) is 5.75 Å². The molecule has 0 spiro atoms. The Morgan fingerprint density at radius 2 is 2.06 bits per heavy atom. The molecule has 0 heterocycles. The third-order valence-corrected chi connectivity index (χ3v) is 3.46. The Kier molecular flexibility index (Phi) is 7.72. The first kappa shape index (κ1) is 15.7. The number of hydrogen-bond donors (Lipinski definition) is 0. The second-order valence-electron chi connectivity index (χ2n) is 3.63. The van der Waals surface area contributed by atoms with Gasteiger partial charge in [0.2, 0.25) is 5.92 Å². The van der Waals surface area contributed by atoms with E-state index in [0.717, 1.165) is 0 Å². The zero-order valence-corrected chi connectivity index (χ0v) is 10.9. The highest BCUT2D eigenvalue weighted by molar-refractivity contribution is 7.99. The fourth-order valence-corrected chi connectivity index (χ4v) is 2.16. The summed E-state index contributed by atoms with van der Waals surface area (Å²) in [7, 11) is 0. The molecule has 5 heteroatoms. The molecule has 0 saturated carbocycles. The Hall–Kier alpha value is -0.320. The van der Waals surface area contributed by atoms with E-state index >= 15 is 0 Å². The van der Waals surface area contributed by atoms with Crippen molar-refractivity contribution < 1.29 is 18.3 Å². The van der Waals surface area contributed by atoms with Crippen molar-refractivity contribution in [1.29, 1.82) is 0 Å². The Bertz CT molecular complexity index is 210. The molecule has 0 aliphatic heterocycles. The molecule has 1 atom stereocenters. The normalized spacial score (nSPS) is 13.6. The number of carbonyl (C=O) groups is 1. The van der Waals surface area contributed by atoms with E-state index < -0.39 is 5.92 Å². The molecule has 96 valence electrons. The maximum absolute atomic E-state index is 12.9. The van der Waals surface area contributed by atoms with Crippen LogP contribution in [0.15, 0.2) is 0 Å². The molecule has 1 unspecified atom stereocenters. The molecule has 0 aliphatic carbocycles. The maximum Gasteiger partial charge on any atom is 0.303 e. The molecule has 0 rings (SSSR count). The molecule has 0 bridgehead atoms. The highest BCUT2D eigenvalue weighted by Crippen LogP contribution is 2.26. The Morgan fingerprint density at radius 3 is 2.50 bits per heavy atom. The molecule has 0 amide bonds. The van der Waals surface area contributed by atoms with Crippen LogP contribution in [0.25, 0.3) is 0 Å². The van der Waals surface area contributed by atoms with E-state index in [0.29, 0.717) is 18.6 Å². The molecule has 0 fully saturated rings. The van der Waals surface area contributed by atoms with Crippen molar-refractivity contribution in [3.63, 3.8) is 0 Å². The number of rotatable bonds is 8. The minimum Gasteiger partial charge on any atom is -0.451 e. The molecule has 0 radical (unpaired) electrons. The molecule has 0 aromatic carbocycles. The van der Waals surface area contributed by atoms with Crippen LogP contribution < -0.4 is 0 Å². The summed E-state index contributed by atoms with van der Waals surface area (Å²) >= 11 is 1.42. The second kappa shape index (κ2) is 7.87. The molecular formula is C11H20F2O2S.